The third kappa shape index (κ3) is 17.7. The Hall–Kier alpha value is 0.573. The predicted octanol–water partition coefficient (Wildman–Crippen LogP) is -0.270. The van der Waals surface area contributed by atoms with Crippen LogP contribution in [0.15, 0.2) is 0 Å². The molecule has 0 unspecified atom stereocenters. The third-order valence-electron chi connectivity index (χ3n) is 0.498. The second-order valence-corrected chi connectivity index (χ2v) is 1.58. The summed E-state index contributed by atoms with van der Waals surface area (Å²) in [5, 5.41) is 0. The van der Waals surface area contributed by atoms with Gasteiger partial charge in [0.15, 0.2) is 0 Å². The Bertz CT molecular complexity index is 88.4. The Labute approximate surface area is 84.5 Å². The van der Waals surface area contributed by atoms with E-state index in [4.69, 9.17) is 0 Å². The van der Waals surface area contributed by atoms with Crippen molar-refractivity contribution in [2.75, 3.05) is 0 Å². The third-order valence-corrected chi connectivity index (χ3v) is 0.498. The van der Waals surface area contributed by atoms with Crippen LogP contribution in [0.25, 0.3) is 0 Å². The second kappa shape index (κ2) is 8.57. The standard InChI is InChI=1S/C5H8O2.Dy.H2O/c1-4(6)3-5(2)7;;/h3H2,1-2H3;;1H2/q;+3;. The van der Waals surface area contributed by atoms with Crippen molar-refractivity contribution in [1.82, 2.24) is 0 Å². The first kappa shape index (κ1) is 16.3. The fourth-order valence-electron chi connectivity index (χ4n) is 0.351. The average molecular weight is 281 g/mol. The Kier molecular flexibility index (Phi) is 15.5. The fourth-order valence-corrected chi connectivity index (χ4v) is 0.351. The molecule has 0 spiro atoms. The summed E-state index contributed by atoms with van der Waals surface area (Å²) >= 11 is 0. The van der Waals surface area contributed by atoms with Crippen LogP contribution in [0.5, 0.6) is 0 Å². The first-order valence-electron chi connectivity index (χ1n) is 2.12. The molecule has 0 aliphatic heterocycles. The molecule has 0 aliphatic carbocycles. The normalized spacial score (nSPS) is 6.44. The van der Waals surface area contributed by atoms with E-state index >= 15 is 0 Å². The molecule has 0 rings (SSSR count). The van der Waals surface area contributed by atoms with Gasteiger partial charge in [0.1, 0.15) is 11.6 Å². The van der Waals surface area contributed by atoms with Crippen LogP contribution in [0.2, 0.25) is 0 Å². The maximum atomic E-state index is 10.0. The van der Waals surface area contributed by atoms with Gasteiger partial charge in [-0.2, -0.15) is 0 Å². The Morgan fingerprint density at radius 2 is 1.33 bits per heavy atom. The van der Waals surface area contributed by atoms with Gasteiger partial charge in [-0.25, -0.2) is 0 Å². The minimum absolute atomic E-state index is 0. The molecule has 0 heterocycles. The summed E-state index contributed by atoms with van der Waals surface area (Å²) in [6, 6.07) is 0. The molecule has 0 aliphatic rings. The molecular weight excluding hydrogens is 271 g/mol. The first-order valence-corrected chi connectivity index (χ1v) is 2.12. The molecule has 0 aromatic heterocycles. The summed E-state index contributed by atoms with van der Waals surface area (Å²) in [7, 11) is 0. The quantitative estimate of drug-likeness (QED) is 0.654. The van der Waals surface area contributed by atoms with Crippen molar-refractivity contribution < 1.29 is 53.2 Å². The van der Waals surface area contributed by atoms with Gasteiger partial charge in [0, 0.05) is 0 Å². The second-order valence-electron chi connectivity index (χ2n) is 1.58. The van der Waals surface area contributed by atoms with Gasteiger partial charge in [0.25, 0.3) is 0 Å². The van der Waals surface area contributed by atoms with Crippen molar-refractivity contribution in [3.05, 3.63) is 0 Å². The van der Waals surface area contributed by atoms with E-state index < -0.39 is 0 Å². The topological polar surface area (TPSA) is 65.6 Å². The van der Waals surface area contributed by atoms with Gasteiger partial charge in [0.2, 0.25) is 0 Å². The number of rotatable bonds is 2. The van der Waals surface area contributed by atoms with E-state index in [-0.39, 0.29) is 61.6 Å². The van der Waals surface area contributed by atoms with Gasteiger partial charge in [-0.15, -0.1) is 0 Å². The van der Waals surface area contributed by atoms with Crippen molar-refractivity contribution >= 4 is 11.6 Å². The Morgan fingerprint density at radius 3 is 1.33 bits per heavy atom. The zero-order valence-electron chi connectivity index (χ0n) is 5.34. The number of hydrogen-bond donors (Lipinski definition) is 0. The molecule has 55 valence electrons. The van der Waals surface area contributed by atoms with E-state index in [1.54, 1.807) is 0 Å². The molecule has 0 bridgehead atoms. The molecule has 0 fully saturated rings. The number of Topliss-reactive ketones (excluding diaryl/α,β-unsaturated/α-hetero) is 2. The summed E-state index contributed by atoms with van der Waals surface area (Å²) in [6.45, 7) is 2.81. The van der Waals surface area contributed by atoms with Gasteiger partial charge < -0.3 is 5.48 Å². The molecule has 0 saturated carbocycles. The minimum atomic E-state index is -0.0625. The van der Waals surface area contributed by atoms with Gasteiger partial charge in [-0.05, 0) is 13.8 Å². The van der Waals surface area contributed by atoms with Crippen LogP contribution in [0, 0.1) is 38.2 Å². The van der Waals surface area contributed by atoms with Gasteiger partial charge in [-0.3, -0.25) is 9.59 Å². The van der Waals surface area contributed by atoms with E-state index in [1.807, 2.05) is 0 Å². The molecule has 0 amide bonds. The number of hydrogen-bond acceptors (Lipinski definition) is 2. The van der Waals surface area contributed by atoms with E-state index in [0.29, 0.717) is 0 Å². The summed E-state index contributed by atoms with van der Waals surface area (Å²) in [5.41, 5.74) is 0. The zero-order chi connectivity index (χ0) is 5.86. The maximum Gasteiger partial charge on any atom is 3.00 e. The molecule has 0 aromatic carbocycles. The number of ketones is 2. The van der Waals surface area contributed by atoms with E-state index in [2.05, 4.69) is 0 Å². The number of carbonyl (C=O) groups is 2. The first-order chi connectivity index (χ1) is 3.13. The predicted molar refractivity (Wildman–Crippen MR) is 29.6 cm³/mol. The van der Waals surface area contributed by atoms with Crippen molar-refractivity contribution in [2.24, 2.45) is 0 Å². The maximum absolute atomic E-state index is 10.0. The molecule has 0 atom stereocenters. The smallest absolute Gasteiger partial charge is 0.412 e. The van der Waals surface area contributed by atoms with Gasteiger partial charge >= 0.3 is 38.2 Å². The molecule has 3 nitrogen and oxygen atoms in total. The van der Waals surface area contributed by atoms with Crippen LogP contribution in [0.3, 0.4) is 0 Å². The van der Waals surface area contributed by atoms with E-state index in [0.717, 1.165) is 0 Å². The van der Waals surface area contributed by atoms with Crippen LogP contribution in [0.1, 0.15) is 20.3 Å². The molecular formula is C5H10DyO3+3. The van der Waals surface area contributed by atoms with Gasteiger partial charge in [0.05, 0.1) is 6.42 Å². The molecule has 4 heteroatoms. The fraction of sp³-hybridized carbons (Fsp3) is 0.600. The van der Waals surface area contributed by atoms with E-state index in [9.17, 15) is 9.59 Å². The van der Waals surface area contributed by atoms with Crippen molar-refractivity contribution in [3.63, 3.8) is 0 Å². The monoisotopic (exact) mass is 282 g/mol. The molecule has 9 heavy (non-hydrogen) atoms. The summed E-state index contributed by atoms with van der Waals surface area (Å²) in [4.78, 5) is 20.1. The van der Waals surface area contributed by atoms with Crippen LogP contribution in [-0.4, -0.2) is 17.0 Å². The van der Waals surface area contributed by atoms with Crippen LogP contribution >= 0.6 is 0 Å². The van der Waals surface area contributed by atoms with Gasteiger partial charge in [-0.1, -0.05) is 0 Å². The molecule has 0 aromatic rings. The van der Waals surface area contributed by atoms with Crippen molar-refractivity contribution in [2.45, 2.75) is 20.3 Å². The molecule has 2 N–H and O–H groups in total. The summed E-state index contributed by atoms with van der Waals surface area (Å²) in [5.74, 6) is -0.125. The van der Waals surface area contributed by atoms with Crippen LogP contribution in [0.4, 0.5) is 0 Å². The molecule has 1 radical (unpaired) electrons. The average Bonchev–Trinajstić information content (AvgIpc) is 1.27. The zero-order valence-corrected chi connectivity index (χ0v) is 7.37. The largest absolute Gasteiger partial charge is 3.00 e. The SMILES string of the molecule is CC(=O)CC(C)=O.O.[Dy+3]. The van der Waals surface area contributed by atoms with Crippen molar-refractivity contribution in [1.29, 1.82) is 0 Å². The summed E-state index contributed by atoms with van der Waals surface area (Å²) in [6.07, 6.45) is 0.0833. The summed E-state index contributed by atoms with van der Waals surface area (Å²) < 4.78 is 0. The van der Waals surface area contributed by atoms with E-state index in [1.165, 1.54) is 13.8 Å². The Morgan fingerprint density at radius 1 is 1.11 bits per heavy atom. The minimum Gasteiger partial charge on any atom is -0.412 e. The van der Waals surface area contributed by atoms with Crippen LogP contribution < -0.4 is 0 Å². The molecule has 0 saturated heterocycles. The van der Waals surface area contributed by atoms with Crippen LogP contribution in [-0.2, 0) is 9.59 Å². The number of carbonyl (C=O) groups excluding carboxylic acids is 2. The van der Waals surface area contributed by atoms with Crippen molar-refractivity contribution in [3.8, 4) is 0 Å². The Balaban J connectivity index is -0.000000180.